The first kappa shape index (κ1) is 36.9. The van der Waals surface area contributed by atoms with E-state index in [0.717, 1.165) is 42.4 Å². The Morgan fingerprint density at radius 2 is 1.83 bits per heavy atom. The molecule has 4 aliphatic heterocycles. The number of nitrogens with zero attached hydrogens (tertiary/aromatic N) is 2. The van der Waals surface area contributed by atoms with Crippen LogP contribution in [0.15, 0.2) is 36.4 Å². The molecule has 0 radical (unpaired) electrons. The van der Waals surface area contributed by atoms with Crippen LogP contribution >= 0.6 is 0 Å². The van der Waals surface area contributed by atoms with Crippen molar-refractivity contribution in [3.63, 3.8) is 0 Å². The summed E-state index contributed by atoms with van der Waals surface area (Å²) in [4.78, 5) is 72.0. The van der Waals surface area contributed by atoms with Crippen molar-refractivity contribution in [2.75, 3.05) is 13.2 Å². The minimum atomic E-state index is -3.90. The number of rotatable bonds is 3. The van der Waals surface area contributed by atoms with Gasteiger partial charge >= 0.3 is 12.2 Å². The fourth-order valence-electron chi connectivity index (χ4n) is 7.87. The van der Waals surface area contributed by atoms with Crippen molar-refractivity contribution in [2.24, 2.45) is 11.8 Å². The highest BCUT2D eigenvalue weighted by atomic mass is 32.2. The molecule has 0 spiro atoms. The quantitative estimate of drug-likeness (QED) is 0.389. The zero-order valence-electron chi connectivity index (χ0n) is 30.1. The van der Waals surface area contributed by atoms with Gasteiger partial charge in [-0.15, -0.1) is 0 Å². The van der Waals surface area contributed by atoms with Crippen LogP contribution in [0.4, 0.5) is 9.59 Å². The minimum Gasteiger partial charge on any atom is -0.449 e. The molecule has 2 saturated carbocycles. The van der Waals surface area contributed by atoms with E-state index in [2.05, 4.69) is 21.4 Å². The van der Waals surface area contributed by atoms with Gasteiger partial charge in [0.25, 0.3) is 5.91 Å². The van der Waals surface area contributed by atoms with Crippen LogP contribution in [-0.4, -0.2) is 90.3 Å². The summed E-state index contributed by atoms with van der Waals surface area (Å²) in [6.45, 7) is 2.75. The third-order valence-corrected chi connectivity index (χ3v) is 13.1. The van der Waals surface area contributed by atoms with Crippen LogP contribution in [0.25, 0.3) is 6.08 Å². The van der Waals surface area contributed by atoms with E-state index in [-0.39, 0.29) is 31.9 Å². The summed E-state index contributed by atoms with van der Waals surface area (Å²) in [5.74, 6) is -2.38. The molecule has 15 heteroatoms. The molecule has 0 unspecified atom stereocenters. The third-order valence-electron chi connectivity index (χ3n) is 11.3. The van der Waals surface area contributed by atoms with E-state index in [9.17, 15) is 32.4 Å². The summed E-state index contributed by atoms with van der Waals surface area (Å²) in [7, 11) is -3.90. The van der Waals surface area contributed by atoms with Crippen molar-refractivity contribution in [1.29, 1.82) is 0 Å². The Labute approximate surface area is 310 Å². The molecular formula is C38H49N5O9S. The number of alkyl carbamates (subject to hydrolysis) is 1. The molecule has 4 heterocycles. The highest BCUT2D eigenvalue weighted by Crippen LogP contribution is 2.46. The number of hydrogen-bond donors (Lipinski definition) is 3. The Morgan fingerprint density at radius 3 is 2.64 bits per heavy atom. The fraction of sp³-hybridized carbons (Fsp3) is 0.605. The molecule has 6 atom stereocenters. The smallest absolute Gasteiger partial charge is 0.410 e. The molecule has 3 fully saturated rings. The first-order valence-electron chi connectivity index (χ1n) is 18.9. The number of allylic oxidation sites excluding steroid dienone is 2. The Kier molecular flexibility index (Phi) is 10.6. The van der Waals surface area contributed by atoms with Crippen LogP contribution < -0.4 is 15.4 Å². The molecule has 14 nitrogen and oxygen atoms in total. The van der Waals surface area contributed by atoms with Crippen molar-refractivity contribution >= 4 is 46.0 Å². The van der Waals surface area contributed by atoms with Gasteiger partial charge < -0.3 is 25.0 Å². The summed E-state index contributed by atoms with van der Waals surface area (Å²) in [5, 5.41) is 4.95. The van der Waals surface area contributed by atoms with E-state index >= 15 is 0 Å². The Morgan fingerprint density at radius 1 is 1.00 bits per heavy atom. The Balaban J connectivity index is 1.17. The Bertz CT molecular complexity index is 1810. The summed E-state index contributed by atoms with van der Waals surface area (Å²) in [6, 6.07) is 3.76. The SMILES string of the molecule is C[C@@H]1CC/C=C/c2cccc3c2CN(C3)C(=O)O[C@@H]2C[C@H]3C(=O)N[C@]4(C(=O)NS(=O)(=O)C5CC5)C[C@H]4/C=C\CCCCC[C@H](NC(=O)OC1)C(=O)N3C2. The van der Waals surface area contributed by atoms with Gasteiger partial charge in [-0.2, -0.15) is 0 Å². The highest BCUT2D eigenvalue weighted by molar-refractivity contribution is 7.91. The van der Waals surface area contributed by atoms with E-state index in [4.69, 9.17) is 9.47 Å². The molecule has 3 N–H and O–H groups in total. The van der Waals surface area contributed by atoms with Gasteiger partial charge in [-0.3, -0.25) is 24.0 Å². The molecule has 1 saturated heterocycles. The van der Waals surface area contributed by atoms with Gasteiger partial charge in [-0.1, -0.05) is 62.3 Å². The standard InChI is InChI=1S/C38H49N5O9S/c1-24-10-7-8-11-25-12-9-13-26-20-42(22-30(25)26)37(48)52-28-18-32-33(44)40-38(35(46)41-53(49,50)29-16-17-29)19-27(38)14-5-3-2-4-6-15-31(34(45)43(32)21-28)39-36(47)51-23-24/h5,8-9,11-14,24,27-29,31-32H,2-4,6-7,10,15-23H2,1H3,(H,39,47)(H,40,44)(H,41,46)/b11-8+,14-5-/t24-,27-,28-,31+,32+,38-/m1/s1. The zero-order valence-corrected chi connectivity index (χ0v) is 30.9. The number of nitrogens with one attached hydrogen (secondary N) is 3. The van der Waals surface area contributed by atoms with E-state index in [0.29, 0.717) is 45.2 Å². The molecule has 1 aromatic carbocycles. The lowest BCUT2D eigenvalue weighted by molar-refractivity contribution is -0.141. The third kappa shape index (κ3) is 8.24. The summed E-state index contributed by atoms with van der Waals surface area (Å²) >= 11 is 0. The van der Waals surface area contributed by atoms with Gasteiger partial charge in [0.05, 0.1) is 24.9 Å². The van der Waals surface area contributed by atoms with Crippen LogP contribution in [0.1, 0.15) is 94.2 Å². The van der Waals surface area contributed by atoms with Gasteiger partial charge in [0.2, 0.25) is 21.8 Å². The number of ether oxygens (including phenoxy) is 2. The summed E-state index contributed by atoms with van der Waals surface area (Å²) in [5.41, 5.74) is 1.53. The second-order valence-electron chi connectivity index (χ2n) is 15.5. The zero-order chi connectivity index (χ0) is 37.3. The maximum absolute atomic E-state index is 14.4. The van der Waals surface area contributed by atoms with Crippen molar-refractivity contribution < 1.29 is 41.9 Å². The van der Waals surface area contributed by atoms with Gasteiger partial charge in [0, 0.05) is 18.9 Å². The van der Waals surface area contributed by atoms with Crippen molar-refractivity contribution in [2.45, 2.75) is 120 Å². The lowest BCUT2D eigenvalue weighted by Crippen LogP contribution is -2.58. The van der Waals surface area contributed by atoms with Crippen LogP contribution in [0.2, 0.25) is 0 Å². The normalized spacial score (nSPS) is 32.5. The molecular weight excluding hydrogens is 703 g/mol. The molecule has 1 aromatic rings. The van der Waals surface area contributed by atoms with Crippen molar-refractivity contribution in [3.05, 3.63) is 53.1 Å². The number of cyclic esters (lactones) is 1. The van der Waals surface area contributed by atoms with E-state index < -0.39 is 74.8 Å². The van der Waals surface area contributed by atoms with Gasteiger partial charge in [-0.25, -0.2) is 18.0 Å². The summed E-state index contributed by atoms with van der Waals surface area (Å²) in [6.07, 6.45) is 11.5. The number of carbonyl (C=O) groups excluding carboxylic acids is 5. The largest absolute Gasteiger partial charge is 0.449 e. The lowest BCUT2D eigenvalue weighted by Gasteiger charge is -2.29. The molecule has 5 amide bonds. The molecule has 5 bridgehead atoms. The number of fused-ring (bicyclic) bond motifs is 4. The van der Waals surface area contributed by atoms with Crippen LogP contribution in [0, 0.1) is 11.8 Å². The number of carbonyl (C=O) groups is 5. The Hall–Kier alpha value is -4.40. The maximum atomic E-state index is 14.4. The van der Waals surface area contributed by atoms with Crippen molar-refractivity contribution in [1.82, 2.24) is 25.2 Å². The van der Waals surface area contributed by atoms with Gasteiger partial charge in [-0.05, 0) is 74.0 Å². The minimum absolute atomic E-state index is 0.0502. The van der Waals surface area contributed by atoms with Crippen LogP contribution in [0.3, 0.4) is 0 Å². The average Bonchev–Trinajstić information content (AvgIpc) is 4.01. The van der Waals surface area contributed by atoms with Gasteiger partial charge in [0.1, 0.15) is 23.7 Å². The first-order chi connectivity index (χ1) is 25.4. The highest BCUT2D eigenvalue weighted by Gasteiger charge is 2.62. The predicted octanol–water partition coefficient (Wildman–Crippen LogP) is 3.65. The van der Waals surface area contributed by atoms with Gasteiger partial charge in [0.15, 0.2) is 0 Å². The van der Waals surface area contributed by atoms with E-state index in [1.807, 2.05) is 43.4 Å². The molecule has 6 aliphatic rings. The van der Waals surface area contributed by atoms with Crippen molar-refractivity contribution in [3.8, 4) is 0 Å². The number of amides is 5. The van der Waals surface area contributed by atoms with E-state index in [1.54, 1.807) is 4.90 Å². The second-order valence-corrected chi connectivity index (χ2v) is 17.4. The topological polar surface area (TPSA) is 181 Å². The summed E-state index contributed by atoms with van der Waals surface area (Å²) < 4.78 is 39.3. The molecule has 7 rings (SSSR count). The first-order valence-corrected chi connectivity index (χ1v) is 20.5. The molecule has 2 aliphatic carbocycles. The van der Waals surface area contributed by atoms with Crippen LogP contribution in [-0.2, 0) is 47.0 Å². The van der Waals surface area contributed by atoms with Crippen LogP contribution in [0.5, 0.6) is 0 Å². The number of hydrogen-bond acceptors (Lipinski definition) is 9. The monoisotopic (exact) mass is 751 g/mol. The average molecular weight is 752 g/mol. The predicted molar refractivity (Wildman–Crippen MR) is 193 cm³/mol. The number of benzene rings is 1. The fourth-order valence-corrected chi connectivity index (χ4v) is 9.24. The molecule has 286 valence electrons. The molecule has 53 heavy (non-hydrogen) atoms. The maximum Gasteiger partial charge on any atom is 0.410 e. The molecule has 0 aromatic heterocycles. The van der Waals surface area contributed by atoms with E-state index in [1.165, 1.54) is 4.90 Å². The lowest BCUT2D eigenvalue weighted by atomic mass is 10.0. The number of sulfonamides is 1. The second kappa shape index (κ2) is 15.2.